The van der Waals surface area contributed by atoms with Crippen LogP contribution in [0.25, 0.3) is 11.1 Å². The lowest BCUT2D eigenvalue weighted by molar-refractivity contribution is 0.100. The summed E-state index contributed by atoms with van der Waals surface area (Å²) in [7, 11) is -4.28. The summed E-state index contributed by atoms with van der Waals surface area (Å²) in [5, 5.41) is 0. The van der Waals surface area contributed by atoms with E-state index >= 15 is 0 Å². The molecule has 0 aliphatic carbocycles. The topological polar surface area (TPSA) is 89.3 Å². The standard InChI is InChI=1S/C19H14BrFN2O3S/c20-13-10-8-12(9-11-13)14-4-3-5-15(19(22)24)18(14)23-27(25,26)17-7-2-1-6-16(17)21/h1-11,23H,(H2,22,24). The molecule has 0 aliphatic rings. The second kappa shape index (κ2) is 7.50. The number of anilines is 1. The number of amides is 1. The molecule has 3 rings (SSSR count). The van der Waals surface area contributed by atoms with Crippen molar-refractivity contribution >= 4 is 37.5 Å². The maximum Gasteiger partial charge on any atom is 0.264 e. The smallest absolute Gasteiger partial charge is 0.264 e. The minimum atomic E-state index is -4.28. The van der Waals surface area contributed by atoms with Crippen LogP contribution in [0.15, 0.2) is 76.1 Å². The molecular weight excluding hydrogens is 435 g/mol. The number of primary amides is 1. The van der Waals surface area contributed by atoms with Gasteiger partial charge in [-0.3, -0.25) is 9.52 Å². The molecule has 0 bridgehead atoms. The largest absolute Gasteiger partial charge is 0.366 e. The summed E-state index contributed by atoms with van der Waals surface area (Å²) in [5.41, 5.74) is 6.50. The van der Waals surface area contributed by atoms with Crippen LogP contribution < -0.4 is 10.5 Å². The van der Waals surface area contributed by atoms with Crippen molar-refractivity contribution in [2.75, 3.05) is 4.72 Å². The average Bonchev–Trinajstić information content (AvgIpc) is 2.62. The summed E-state index contributed by atoms with van der Waals surface area (Å²) in [6.07, 6.45) is 0. The monoisotopic (exact) mass is 448 g/mol. The second-order valence-electron chi connectivity index (χ2n) is 5.64. The van der Waals surface area contributed by atoms with Gasteiger partial charge in [0.05, 0.1) is 11.3 Å². The molecule has 3 N–H and O–H groups in total. The van der Waals surface area contributed by atoms with E-state index in [0.717, 1.165) is 16.6 Å². The first-order chi connectivity index (χ1) is 12.8. The Labute approximate surface area is 164 Å². The van der Waals surface area contributed by atoms with Gasteiger partial charge >= 0.3 is 0 Å². The molecule has 8 heteroatoms. The van der Waals surface area contributed by atoms with Gasteiger partial charge in [-0.1, -0.05) is 52.3 Å². The summed E-state index contributed by atoms with van der Waals surface area (Å²) in [6.45, 7) is 0. The zero-order valence-electron chi connectivity index (χ0n) is 13.8. The maximum absolute atomic E-state index is 14.0. The molecule has 27 heavy (non-hydrogen) atoms. The first-order valence-electron chi connectivity index (χ1n) is 7.76. The number of sulfonamides is 1. The van der Waals surface area contributed by atoms with Gasteiger partial charge in [-0.25, -0.2) is 12.8 Å². The molecule has 0 unspecified atom stereocenters. The number of hydrogen-bond acceptors (Lipinski definition) is 3. The number of nitrogens with one attached hydrogen (secondary N) is 1. The predicted octanol–water partition coefficient (Wildman–Crippen LogP) is 4.15. The van der Waals surface area contributed by atoms with E-state index in [0.29, 0.717) is 11.1 Å². The fourth-order valence-corrected chi connectivity index (χ4v) is 4.04. The van der Waals surface area contributed by atoms with E-state index in [1.54, 1.807) is 36.4 Å². The van der Waals surface area contributed by atoms with E-state index in [1.165, 1.54) is 18.2 Å². The van der Waals surface area contributed by atoms with Crippen LogP contribution in [0.5, 0.6) is 0 Å². The lowest BCUT2D eigenvalue weighted by Gasteiger charge is -2.16. The van der Waals surface area contributed by atoms with Crippen LogP contribution in [-0.2, 0) is 10.0 Å². The van der Waals surface area contributed by atoms with Gasteiger partial charge < -0.3 is 5.73 Å². The lowest BCUT2D eigenvalue weighted by atomic mass is 10.0. The number of halogens is 2. The highest BCUT2D eigenvalue weighted by molar-refractivity contribution is 9.10. The molecule has 0 saturated carbocycles. The van der Waals surface area contributed by atoms with E-state index in [9.17, 15) is 17.6 Å². The molecule has 1 amide bonds. The normalized spacial score (nSPS) is 11.2. The van der Waals surface area contributed by atoms with E-state index in [2.05, 4.69) is 20.7 Å². The van der Waals surface area contributed by atoms with Crippen LogP contribution in [0.1, 0.15) is 10.4 Å². The van der Waals surface area contributed by atoms with Gasteiger partial charge in [-0.05, 0) is 35.9 Å². The third-order valence-corrected chi connectivity index (χ3v) is 5.76. The Morgan fingerprint density at radius 3 is 2.26 bits per heavy atom. The number of carbonyl (C=O) groups excluding carboxylic acids is 1. The van der Waals surface area contributed by atoms with Crippen LogP contribution in [0.2, 0.25) is 0 Å². The first kappa shape index (κ1) is 19.1. The molecular formula is C19H14BrFN2O3S. The van der Waals surface area contributed by atoms with Crippen molar-refractivity contribution in [1.29, 1.82) is 0 Å². The minimum Gasteiger partial charge on any atom is -0.366 e. The number of rotatable bonds is 5. The third kappa shape index (κ3) is 4.01. The molecule has 0 heterocycles. The van der Waals surface area contributed by atoms with E-state index < -0.39 is 26.6 Å². The molecule has 0 aromatic heterocycles. The van der Waals surface area contributed by atoms with Crippen molar-refractivity contribution < 1.29 is 17.6 Å². The van der Waals surface area contributed by atoms with Gasteiger partial charge in [0.1, 0.15) is 10.7 Å². The lowest BCUT2D eigenvalue weighted by Crippen LogP contribution is -2.20. The average molecular weight is 449 g/mol. The number of carbonyl (C=O) groups is 1. The second-order valence-corrected chi connectivity index (χ2v) is 8.20. The highest BCUT2D eigenvalue weighted by Crippen LogP contribution is 2.33. The summed E-state index contributed by atoms with van der Waals surface area (Å²) >= 11 is 3.33. The fourth-order valence-electron chi connectivity index (χ4n) is 2.59. The van der Waals surface area contributed by atoms with Crippen molar-refractivity contribution in [1.82, 2.24) is 0 Å². The van der Waals surface area contributed by atoms with Crippen molar-refractivity contribution in [2.24, 2.45) is 5.73 Å². The van der Waals surface area contributed by atoms with Gasteiger partial charge in [0.2, 0.25) is 0 Å². The predicted molar refractivity (Wildman–Crippen MR) is 105 cm³/mol. The zero-order valence-corrected chi connectivity index (χ0v) is 16.2. The van der Waals surface area contributed by atoms with Crippen molar-refractivity contribution in [2.45, 2.75) is 4.90 Å². The fraction of sp³-hybridized carbons (Fsp3) is 0. The Hall–Kier alpha value is -2.71. The Bertz CT molecular complexity index is 1120. The molecule has 138 valence electrons. The maximum atomic E-state index is 14.0. The van der Waals surface area contributed by atoms with Crippen LogP contribution >= 0.6 is 15.9 Å². The summed E-state index contributed by atoms with van der Waals surface area (Å²) in [6, 6.07) is 16.7. The van der Waals surface area contributed by atoms with Crippen LogP contribution in [-0.4, -0.2) is 14.3 Å². The molecule has 0 saturated heterocycles. The summed E-state index contributed by atoms with van der Waals surface area (Å²) < 4.78 is 42.6. The molecule has 0 fully saturated rings. The SMILES string of the molecule is NC(=O)c1cccc(-c2ccc(Br)cc2)c1NS(=O)(=O)c1ccccc1F. The summed E-state index contributed by atoms with van der Waals surface area (Å²) in [4.78, 5) is 11.3. The third-order valence-electron chi connectivity index (χ3n) is 3.85. The van der Waals surface area contributed by atoms with Crippen LogP contribution in [0, 0.1) is 5.82 Å². The van der Waals surface area contributed by atoms with E-state index in [-0.39, 0.29) is 11.3 Å². The highest BCUT2D eigenvalue weighted by Gasteiger charge is 2.23. The zero-order chi connectivity index (χ0) is 19.6. The molecule has 0 radical (unpaired) electrons. The van der Waals surface area contributed by atoms with Gasteiger partial charge in [0.25, 0.3) is 15.9 Å². The van der Waals surface area contributed by atoms with Gasteiger partial charge in [-0.2, -0.15) is 0 Å². The molecule has 5 nitrogen and oxygen atoms in total. The van der Waals surface area contributed by atoms with E-state index in [4.69, 9.17) is 5.73 Å². The van der Waals surface area contributed by atoms with Crippen molar-refractivity contribution in [3.63, 3.8) is 0 Å². The molecule has 3 aromatic carbocycles. The van der Waals surface area contributed by atoms with Gasteiger partial charge in [0.15, 0.2) is 0 Å². The molecule has 3 aromatic rings. The molecule has 0 atom stereocenters. The Kier molecular flexibility index (Phi) is 5.29. The highest BCUT2D eigenvalue weighted by atomic mass is 79.9. The molecule has 0 aliphatic heterocycles. The quantitative estimate of drug-likeness (QED) is 0.613. The van der Waals surface area contributed by atoms with Crippen molar-refractivity contribution in [3.8, 4) is 11.1 Å². The Balaban J connectivity index is 2.18. The number of hydrogen-bond donors (Lipinski definition) is 2. The van der Waals surface area contributed by atoms with Crippen LogP contribution in [0.4, 0.5) is 10.1 Å². The van der Waals surface area contributed by atoms with Crippen LogP contribution in [0.3, 0.4) is 0 Å². The van der Waals surface area contributed by atoms with Gasteiger partial charge in [0, 0.05) is 10.0 Å². The Morgan fingerprint density at radius 2 is 1.63 bits per heavy atom. The van der Waals surface area contributed by atoms with Gasteiger partial charge in [-0.15, -0.1) is 0 Å². The number of benzene rings is 3. The Morgan fingerprint density at radius 1 is 0.963 bits per heavy atom. The number of para-hydroxylation sites is 1. The first-order valence-corrected chi connectivity index (χ1v) is 10.0. The number of nitrogens with two attached hydrogens (primary N) is 1. The molecule has 0 spiro atoms. The summed E-state index contributed by atoms with van der Waals surface area (Å²) in [5.74, 6) is -1.70. The van der Waals surface area contributed by atoms with Crippen molar-refractivity contribution in [3.05, 3.63) is 82.6 Å². The van der Waals surface area contributed by atoms with E-state index in [1.807, 2.05) is 0 Å². The minimum absolute atomic E-state index is 0.00410.